The van der Waals surface area contributed by atoms with Crippen LogP contribution in [0.3, 0.4) is 0 Å². The highest BCUT2D eigenvalue weighted by atomic mass is 79.9. The molecular weight excluding hydrogens is 338 g/mol. The number of thiophene rings is 1. The van der Waals surface area contributed by atoms with Crippen LogP contribution in [0.25, 0.3) is 0 Å². The highest BCUT2D eigenvalue weighted by molar-refractivity contribution is 9.10. The van der Waals surface area contributed by atoms with E-state index in [-0.39, 0.29) is 0 Å². The Bertz CT molecular complexity index is 594. The maximum absolute atomic E-state index is 5.45. The average molecular weight is 352 g/mol. The van der Waals surface area contributed by atoms with E-state index in [0.717, 1.165) is 35.6 Å². The molecule has 20 heavy (non-hydrogen) atoms. The highest BCUT2D eigenvalue weighted by Crippen LogP contribution is 2.25. The minimum Gasteiger partial charge on any atom is -0.468 e. The number of furan rings is 2. The highest BCUT2D eigenvalue weighted by Gasteiger charge is 2.13. The van der Waals surface area contributed by atoms with E-state index < -0.39 is 0 Å². The van der Waals surface area contributed by atoms with Gasteiger partial charge in [-0.1, -0.05) is 0 Å². The van der Waals surface area contributed by atoms with E-state index in [2.05, 4.69) is 32.3 Å². The van der Waals surface area contributed by atoms with Gasteiger partial charge in [-0.25, -0.2) is 0 Å². The van der Waals surface area contributed by atoms with Crippen molar-refractivity contribution in [1.82, 2.24) is 4.90 Å². The second-order valence-corrected chi connectivity index (χ2v) is 6.35. The molecule has 0 aliphatic heterocycles. The van der Waals surface area contributed by atoms with Gasteiger partial charge in [-0.05, 0) is 51.6 Å². The molecule has 3 aromatic heterocycles. The maximum Gasteiger partial charge on any atom is 0.117 e. The molecule has 3 heterocycles. The summed E-state index contributed by atoms with van der Waals surface area (Å²) in [6.45, 7) is 2.38. The Morgan fingerprint density at radius 3 is 2.05 bits per heavy atom. The smallest absolute Gasteiger partial charge is 0.117 e. The van der Waals surface area contributed by atoms with Crippen LogP contribution in [0.5, 0.6) is 0 Å². The Kier molecular flexibility index (Phi) is 4.40. The van der Waals surface area contributed by atoms with Crippen molar-refractivity contribution in [2.75, 3.05) is 0 Å². The van der Waals surface area contributed by atoms with E-state index in [0.29, 0.717) is 0 Å². The molecule has 0 aliphatic carbocycles. The fourth-order valence-electron chi connectivity index (χ4n) is 2.05. The van der Waals surface area contributed by atoms with Gasteiger partial charge in [0.25, 0.3) is 0 Å². The van der Waals surface area contributed by atoms with Crippen LogP contribution in [0.1, 0.15) is 16.4 Å². The standard InChI is InChI=1S/C15H14BrNO2S/c16-14-5-8-20-15(14)11-17(9-12-3-1-6-18-12)10-13-4-2-7-19-13/h1-8H,9-11H2. The van der Waals surface area contributed by atoms with E-state index in [9.17, 15) is 0 Å². The van der Waals surface area contributed by atoms with E-state index >= 15 is 0 Å². The van der Waals surface area contributed by atoms with Crippen LogP contribution < -0.4 is 0 Å². The van der Waals surface area contributed by atoms with Gasteiger partial charge in [0.2, 0.25) is 0 Å². The number of nitrogens with zero attached hydrogens (tertiary/aromatic N) is 1. The molecule has 5 heteroatoms. The normalized spacial score (nSPS) is 11.3. The largest absolute Gasteiger partial charge is 0.468 e. The summed E-state index contributed by atoms with van der Waals surface area (Å²) in [5.74, 6) is 1.92. The molecule has 0 bridgehead atoms. The van der Waals surface area contributed by atoms with Gasteiger partial charge < -0.3 is 8.83 Å². The minimum atomic E-state index is 0.762. The Hall–Kier alpha value is -1.30. The molecular formula is C15H14BrNO2S. The first-order valence-electron chi connectivity index (χ1n) is 6.30. The second kappa shape index (κ2) is 6.43. The molecule has 0 N–H and O–H groups in total. The summed E-state index contributed by atoms with van der Waals surface area (Å²) in [5, 5.41) is 2.09. The molecule has 0 spiro atoms. The zero-order chi connectivity index (χ0) is 13.8. The van der Waals surface area contributed by atoms with Crippen molar-refractivity contribution in [3.63, 3.8) is 0 Å². The van der Waals surface area contributed by atoms with Crippen LogP contribution in [-0.4, -0.2) is 4.90 Å². The van der Waals surface area contributed by atoms with Crippen molar-refractivity contribution in [3.05, 3.63) is 69.1 Å². The van der Waals surface area contributed by atoms with Crippen LogP contribution in [0, 0.1) is 0 Å². The van der Waals surface area contributed by atoms with E-state index in [1.54, 1.807) is 23.9 Å². The third-order valence-corrected chi connectivity index (χ3v) is 4.89. The first kappa shape index (κ1) is 13.7. The van der Waals surface area contributed by atoms with Crippen LogP contribution in [0.2, 0.25) is 0 Å². The summed E-state index contributed by atoms with van der Waals surface area (Å²) in [5.41, 5.74) is 0. The van der Waals surface area contributed by atoms with Crippen molar-refractivity contribution in [3.8, 4) is 0 Å². The van der Waals surface area contributed by atoms with Gasteiger partial charge >= 0.3 is 0 Å². The summed E-state index contributed by atoms with van der Waals surface area (Å²) in [4.78, 5) is 3.61. The van der Waals surface area contributed by atoms with E-state index in [1.165, 1.54) is 4.88 Å². The lowest BCUT2D eigenvalue weighted by Crippen LogP contribution is -2.21. The van der Waals surface area contributed by atoms with Gasteiger partial charge in [-0.2, -0.15) is 0 Å². The fourth-order valence-corrected chi connectivity index (χ4v) is 3.57. The monoisotopic (exact) mass is 351 g/mol. The van der Waals surface area contributed by atoms with Gasteiger partial charge in [0.1, 0.15) is 11.5 Å². The molecule has 0 saturated heterocycles. The number of halogens is 1. The zero-order valence-electron chi connectivity index (χ0n) is 10.8. The lowest BCUT2D eigenvalue weighted by atomic mass is 10.3. The average Bonchev–Trinajstić information content (AvgIpc) is 3.15. The van der Waals surface area contributed by atoms with Crippen molar-refractivity contribution in [2.45, 2.75) is 19.6 Å². The minimum absolute atomic E-state index is 0.762. The van der Waals surface area contributed by atoms with Crippen molar-refractivity contribution in [2.24, 2.45) is 0 Å². The van der Waals surface area contributed by atoms with Crippen LogP contribution in [0.15, 0.2) is 61.5 Å². The zero-order valence-corrected chi connectivity index (χ0v) is 13.2. The molecule has 0 fully saturated rings. The Morgan fingerprint density at radius 1 is 0.950 bits per heavy atom. The summed E-state index contributed by atoms with van der Waals surface area (Å²) in [6.07, 6.45) is 3.42. The van der Waals surface area contributed by atoms with Crippen LogP contribution in [0.4, 0.5) is 0 Å². The number of hydrogen-bond acceptors (Lipinski definition) is 4. The molecule has 0 radical (unpaired) electrons. The molecule has 3 aromatic rings. The van der Waals surface area contributed by atoms with Crippen LogP contribution >= 0.6 is 27.3 Å². The van der Waals surface area contributed by atoms with Crippen molar-refractivity contribution >= 4 is 27.3 Å². The first-order chi connectivity index (χ1) is 9.81. The molecule has 0 aromatic carbocycles. The summed E-state index contributed by atoms with van der Waals surface area (Å²) >= 11 is 5.34. The van der Waals surface area contributed by atoms with E-state index in [4.69, 9.17) is 8.83 Å². The summed E-state index contributed by atoms with van der Waals surface area (Å²) in [6, 6.07) is 9.91. The van der Waals surface area contributed by atoms with Gasteiger partial charge in [-0.3, -0.25) is 4.90 Å². The summed E-state index contributed by atoms with van der Waals surface area (Å²) in [7, 11) is 0. The Labute approximate surface area is 129 Å². The van der Waals surface area contributed by atoms with Gasteiger partial charge in [-0.15, -0.1) is 11.3 Å². The topological polar surface area (TPSA) is 29.5 Å². The SMILES string of the molecule is Brc1ccsc1CN(Cc1ccco1)Cc1ccco1. The van der Waals surface area contributed by atoms with Gasteiger partial charge in [0.05, 0.1) is 25.6 Å². The van der Waals surface area contributed by atoms with Crippen molar-refractivity contribution < 1.29 is 8.83 Å². The quantitative estimate of drug-likeness (QED) is 0.632. The van der Waals surface area contributed by atoms with E-state index in [1.807, 2.05) is 24.3 Å². The Balaban J connectivity index is 1.74. The summed E-state index contributed by atoms with van der Waals surface area (Å²) < 4.78 is 12.1. The lowest BCUT2D eigenvalue weighted by molar-refractivity contribution is 0.211. The molecule has 0 amide bonds. The predicted molar refractivity (Wildman–Crippen MR) is 82.4 cm³/mol. The third-order valence-electron chi connectivity index (χ3n) is 2.98. The molecule has 3 nitrogen and oxygen atoms in total. The Morgan fingerprint density at radius 2 is 1.60 bits per heavy atom. The molecule has 0 saturated carbocycles. The molecule has 0 aliphatic rings. The molecule has 0 atom stereocenters. The molecule has 104 valence electrons. The predicted octanol–water partition coefficient (Wildman–Crippen LogP) is 4.90. The lowest BCUT2D eigenvalue weighted by Gasteiger charge is -2.19. The number of rotatable bonds is 6. The molecule has 3 rings (SSSR count). The fraction of sp³-hybridized carbons (Fsp3) is 0.200. The molecule has 0 unspecified atom stereocenters. The second-order valence-electron chi connectivity index (χ2n) is 4.50. The van der Waals surface area contributed by atoms with Crippen molar-refractivity contribution in [1.29, 1.82) is 0 Å². The maximum atomic E-state index is 5.45. The van der Waals surface area contributed by atoms with Gasteiger partial charge in [0, 0.05) is 15.9 Å². The van der Waals surface area contributed by atoms with Crippen LogP contribution in [-0.2, 0) is 19.6 Å². The third kappa shape index (κ3) is 3.42. The number of hydrogen-bond donors (Lipinski definition) is 0. The van der Waals surface area contributed by atoms with Gasteiger partial charge in [0.15, 0.2) is 0 Å². The first-order valence-corrected chi connectivity index (χ1v) is 7.97.